The van der Waals surface area contributed by atoms with Crippen LogP contribution in [0.15, 0.2) is 0 Å². The molecule has 0 aromatic carbocycles. The van der Waals surface area contributed by atoms with Crippen molar-refractivity contribution >= 4 is 33.6 Å². The van der Waals surface area contributed by atoms with Gasteiger partial charge in [-0.2, -0.15) is 0 Å². The number of hydrogen-bond acceptors (Lipinski definition) is 1. The second-order valence-electron chi connectivity index (χ2n) is 3.06. The third-order valence-electron chi connectivity index (χ3n) is 2.25. The molecule has 0 saturated carbocycles. The first-order valence-corrected chi connectivity index (χ1v) is 4.80. The second kappa shape index (κ2) is 5.84. The summed E-state index contributed by atoms with van der Waals surface area (Å²) in [6.45, 7) is 3.56. The fraction of sp³-hybridized carbons (Fsp3) is 0.750. The van der Waals surface area contributed by atoms with E-state index in [1.54, 1.807) is 0 Å². The van der Waals surface area contributed by atoms with E-state index in [0.29, 0.717) is 0 Å². The second-order valence-corrected chi connectivity index (χ2v) is 3.98. The largest absolute Gasteiger partial charge is 1.00 e. The maximum Gasteiger partial charge on any atom is 0.241 e. The zero-order valence-corrected chi connectivity index (χ0v) is 9.66. The predicted octanol–water partition coefficient (Wildman–Crippen LogP) is -1.16. The quantitative estimate of drug-likeness (QED) is 0.421. The molecule has 0 aromatic heterocycles. The van der Waals surface area contributed by atoms with Gasteiger partial charge in [-0.1, -0.05) is 0 Å². The van der Waals surface area contributed by atoms with Gasteiger partial charge in [0.2, 0.25) is 10.4 Å². The summed E-state index contributed by atoms with van der Waals surface area (Å²) >= 11 is 11.2. The molecular formula is C8H12Cl3NO. The summed E-state index contributed by atoms with van der Waals surface area (Å²) in [6, 6.07) is 0. The van der Waals surface area contributed by atoms with E-state index in [-0.39, 0.29) is 23.6 Å². The minimum atomic E-state index is -0.207. The van der Waals surface area contributed by atoms with Crippen molar-refractivity contribution < 1.29 is 21.8 Å². The zero-order chi connectivity index (χ0) is 9.14. The molecule has 1 aliphatic heterocycles. The molecule has 76 valence electrons. The summed E-state index contributed by atoms with van der Waals surface area (Å²) in [4.78, 5) is 10.8. The van der Waals surface area contributed by atoms with Crippen molar-refractivity contribution in [2.45, 2.75) is 19.8 Å². The number of piperidine rings is 1. The van der Waals surface area contributed by atoms with Gasteiger partial charge in [0.25, 0.3) is 0 Å². The Bertz CT molecular complexity index is 213. The Morgan fingerprint density at radius 2 is 1.77 bits per heavy atom. The van der Waals surface area contributed by atoms with Crippen molar-refractivity contribution in [1.82, 2.24) is 0 Å². The molecule has 1 fully saturated rings. The molecule has 0 N–H and O–H groups in total. The van der Waals surface area contributed by atoms with Crippen molar-refractivity contribution in [3.63, 3.8) is 0 Å². The average molecular weight is 245 g/mol. The summed E-state index contributed by atoms with van der Waals surface area (Å²) in [5.74, 6) is 0.0407. The van der Waals surface area contributed by atoms with Crippen LogP contribution in [-0.2, 0) is 4.79 Å². The fourth-order valence-corrected chi connectivity index (χ4v) is 1.80. The minimum absolute atomic E-state index is 0. The van der Waals surface area contributed by atoms with Crippen LogP contribution in [0.5, 0.6) is 0 Å². The van der Waals surface area contributed by atoms with E-state index in [0.717, 1.165) is 31.1 Å². The van der Waals surface area contributed by atoms with Gasteiger partial charge < -0.3 is 12.4 Å². The van der Waals surface area contributed by atoms with Gasteiger partial charge in [-0.25, -0.2) is 4.58 Å². The van der Waals surface area contributed by atoms with E-state index in [9.17, 15) is 4.79 Å². The summed E-state index contributed by atoms with van der Waals surface area (Å²) in [5, 5.41) is 0.595. The molecule has 0 atom stereocenters. The summed E-state index contributed by atoms with van der Waals surface area (Å²) in [7, 11) is 0. The van der Waals surface area contributed by atoms with Gasteiger partial charge in [-0.3, -0.25) is 4.79 Å². The van der Waals surface area contributed by atoms with Gasteiger partial charge in [0.1, 0.15) is 13.1 Å². The van der Waals surface area contributed by atoms with Crippen molar-refractivity contribution in [1.29, 1.82) is 0 Å². The van der Waals surface area contributed by atoms with Gasteiger partial charge in [0.05, 0.1) is 0 Å². The highest BCUT2D eigenvalue weighted by atomic mass is 35.5. The van der Waals surface area contributed by atoms with Crippen LogP contribution in [0.2, 0.25) is 0 Å². The van der Waals surface area contributed by atoms with E-state index >= 15 is 0 Å². The molecule has 0 bridgehead atoms. The maximum atomic E-state index is 10.8. The first-order chi connectivity index (χ1) is 5.61. The molecule has 0 amide bonds. The molecule has 0 aliphatic carbocycles. The summed E-state index contributed by atoms with van der Waals surface area (Å²) < 4.78 is 2.07. The highest BCUT2D eigenvalue weighted by Crippen LogP contribution is 2.17. The Morgan fingerprint density at radius 1 is 1.31 bits per heavy atom. The monoisotopic (exact) mass is 243 g/mol. The fourth-order valence-electron chi connectivity index (χ4n) is 1.41. The van der Waals surface area contributed by atoms with Gasteiger partial charge in [0, 0.05) is 25.7 Å². The van der Waals surface area contributed by atoms with E-state index in [2.05, 4.69) is 4.58 Å². The average Bonchev–Trinajstić information content (AvgIpc) is 2.04. The number of carbonyl (C=O) groups is 1. The van der Waals surface area contributed by atoms with Crippen molar-refractivity contribution in [3.05, 3.63) is 0 Å². The topological polar surface area (TPSA) is 20.1 Å². The first-order valence-electron chi connectivity index (χ1n) is 4.04. The molecule has 0 aromatic rings. The lowest BCUT2D eigenvalue weighted by Crippen LogP contribution is -3.00. The third-order valence-corrected chi connectivity index (χ3v) is 2.80. The molecule has 0 unspecified atom stereocenters. The lowest BCUT2D eigenvalue weighted by atomic mass is 9.99. The van der Waals surface area contributed by atoms with Crippen LogP contribution in [0, 0.1) is 5.92 Å². The number of hydrogen-bond donors (Lipinski definition) is 0. The molecule has 1 aliphatic rings. The highest BCUT2D eigenvalue weighted by molar-refractivity contribution is 6.64. The van der Waals surface area contributed by atoms with Crippen LogP contribution in [-0.4, -0.2) is 28.1 Å². The van der Waals surface area contributed by atoms with Crippen LogP contribution in [0.3, 0.4) is 0 Å². The molecule has 1 saturated heterocycles. The number of carbonyl (C=O) groups excluding carboxylic acids is 1. The Kier molecular flexibility index (Phi) is 5.93. The Labute approximate surface area is 94.3 Å². The van der Waals surface area contributed by atoms with Crippen LogP contribution in [0.25, 0.3) is 0 Å². The van der Waals surface area contributed by atoms with Gasteiger partial charge >= 0.3 is 0 Å². The molecular weight excluding hydrogens is 232 g/mol. The maximum absolute atomic E-state index is 10.8. The van der Waals surface area contributed by atoms with Crippen molar-refractivity contribution in [2.24, 2.45) is 5.92 Å². The SMILES string of the molecule is CC(Cl)=[N+]1CCC(C(=O)Cl)CC1.[Cl-]. The highest BCUT2D eigenvalue weighted by Gasteiger charge is 2.26. The first kappa shape index (κ1) is 13.2. The van der Waals surface area contributed by atoms with Crippen LogP contribution in [0.4, 0.5) is 0 Å². The van der Waals surface area contributed by atoms with Crippen LogP contribution >= 0.6 is 23.2 Å². The lowest BCUT2D eigenvalue weighted by Gasteiger charge is -2.16. The van der Waals surface area contributed by atoms with Crippen molar-refractivity contribution in [2.75, 3.05) is 13.1 Å². The normalized spacial score (nSPS) is 22.1. The summed E-state index contributed by atoms with van der Waals surface area (Å²) in [6.07, 6.45) is 1.65. The van der Waals surface area contributed by atoms with E-state index in [1.807, 2.05) is 6.92 Å². The number of rotatable bonds is 1. The Balaban J connectivity index is 0.00000144. The van der Waals surface area contributed by atoms with E-state index < -0.39 is 0 Å². The lowest BCUT2D eigenvalue weighted by molar-refractivity contribution is -0.537. The van der Waals surface area contributed by atoms with E-state index in [4.69, 9.17) is 23.2 Å². The molecule has 0 radical (unpaired) electrons. The molecule has 1 rings (SSSR count). The van der Waals surface area contributed by atoms with Crippen LogP contribution in [0.1, 0.15) is 19.8 Å². The van der Waals surface area contributed by atoms with Crippen LogP contribution < -0.4 is 12.4 Å². The van der Waals surface area contributed by atoms with Gasteiger partial charge in [-0.15, -0.1) is 0 Å². The zero-order valence-electron chi connectivity index (χ0n) is 7.40. The predicted molar refractivity (Wildman–Crippen MR) is 50.1 cm³/mol. The van der Waals surface area contributed by atoms with E-state index in [1.165, 1.54) is 0 Å². The van der Waals surface area contributed by atoms with Crippen molar-refractivity contribution in [3.8, 4) is 0 Å². The molecule has 1 heterocycles. The third kappa shape index (κ3) is 3.84. The molecule has 0 spiro atoms. The standard InChI is InChI=1S/C8H12Cl2NO.ClH/c1-6(9)11-4-2-7(3-5-11)8(10)12;/h7H,2-5H2,1H3;1H/q+1;/p-1. The minimum Gasteiger partial charge on any atom is -1.00 e. The molecule has 13 heavy (non-hydrogen) atoms. The Morgan fingerprint density at radius 3 is 2.08 bits per heavy atom. The molecule has 2 nitrogen and oxygen atoms in total. The number of halogens is 3. The van der Waals surface area contributed by atoms with Gasteiger partial charge in [0.15, 0.2) is 0 Å². The molecule has 5 heteroatoms. The number of nitrogens with zero attached hydrogens (tertiary/aromatic N) is 1. The van der Waals surface area contributed by atoms with Gasteiger partial charge in [-0.05, 0) is 23.2 Å². The smallest absolute Gasteiger partial charge is 0.241 e. The summed E-state index contributed by atoms with van der Waals surface area (Å²) in [5.41, 5.74) is 0. The Hall–Kier alpha value is 0.210.